The quantitative estimate of drug-likeness (QED) is 0.328. The second-order valence-corrected chi connectivity index (χ2v) is 7.94. The summed E-state index contributed by atoms with van der Waals surface area (Å²) in [5.41, 5.74) is 5.09. The van der Waals surface area contributed by atoms with Gasteiger partial charge in [0.05, 0.1) is 11.7 Å². The van der Waals surface area contributed by atoms with Crippen molar-refractivity contribution in [2.45, 2.75) is 45.3 Å². The zero-order valence-electron chi connectivity index (χ0n) is 17.4. The number of ether oxygens (including phenoxy) is 3. The summed E-state index contributed by atoms with van der Waals surface area (Å²) in [4.78, 5) is 25.3. The molecule has 156 valence electrons. The second kappa shape index (κ2) is 8.44. The summed E-state index contributed by atoms with van der Waals surface area (Å²) in [6.07, 6.45) is 1.63. The first-order valence-corrected chi connectivity index (χ1v) is 10.3. The van der Waals surface area contributed by atoms with Gasteiger partial charge in [0.1, 0.15) is 12.4 Å². The van der Waals surface area contributed by atoms with Gasteiger partial charge in [0.25, 0.3) is 0 Å². The topological polar surface area (TPSA) is 61.8 Å². The third-order valence-corrected chi connectivity index (χ3v) is 5.63. The Bertz CT molecular complexity index is 1000. The van der Waals surface area contributed by atoms with Crippen molar-refractivity contribution in [3.63, 3.8) is 0 Å². The van der Waals surface area contributed by atoms with E-state index in [1.54, 1.807) is 19.9 Å². The Labute approximate surface area is 176 Å². The first-order chi connectivity index (χ1) is 14.5. The largest absolute Gasteiger partial charge is 0.478 e. The van der Waals surface area contributed by atoms with Gasteiger partial charge in [0.2, 0.25) is 0 Å². The van der Waals surface area contributed by atoms with E-state index < -0.39 is 12.1 Å². The van der Waals surface area contributed by atoms with Crippen molar-refractivity contribution in [1.29, 1.82) is 0 Å². The summed E-state index contributed by atoms with van der Waals surface area (Å²) in [6.45, 7) is 8.03. The molecule has 0 amide bonds. The van der Waals surface area contributed by atoms with Crippen molar-refractivity contribution in [2.24, 2.45) is 0 Å². The van der Waals surface area contributed by atoms with Crippen LogP contribution in [0, 0.1) is 0 Å². The average Bonchev–Trinajstić information content (AvgIpc) is 3.39. The van der Waals surface area contributed by atoms with Gasteiger partial charge in [0, 0.05) is 18.6 Å². The fourth-order valence-electron chi connectivity index (χ4n) is 4.02. The minimum Gasteiger partial charge on any atom is -0.478 e. The van der Waals surface area contributed by atoms with E-state index in [1.165, 1.54) is 5.56 Å². The standard InChI is InChI=1S/C25H26O5/c1-15(2)23(26)21-11-10-20-19-9-5-4-7-17(19)13-22(20)24(21)30-16(3)25(27)29-14-18-8-6-12-28-18/h4-5,7,9-11,16,18H,1,6,8,12-14H2,2-3H3. The Hall–Kier alpha value is -2.92. The highest BCUT2D eigenvalue weighted by molar-refractivity contribution is 6.10. The van der Waals surface area contributed by atoms with E-state index in [-0.39, 0.29) is 18.5 Å². The van der Waals surface area contributed by atoms with Gasteiger partial charge in [-0.2, -0.15) is 0 Å². The highest BCUT2D eigenvalue weighted by Crippen LogP contribution is 2.43. The van der Waals surface area contributed by atoms with Crippen LogP contribution in [-0.2, 0) is 20.7 Å². The van der Waals surface area contributed by atoms with Crippen LogP contribution < -0.4 is 4.74 Å². The predicted molar refractivity (Wildman–Crippen MR) is 114 cm³/mol. The van der Waals surface area contributed by atoms with Crippen molar-refractivity contribution < 1.29 is 23.8 Å². The molecule has 5 heteroatoms. The lowest BCUT2D eigenvalue weighted by Gasteiger charge is -2.20. The van der Waals surface area contributed by atoms with Crippen molar-refractivity contribution in [3.05, 3.63) is 65.2 Å². The summed E-state index contributed by atoms with van der Waals surface area (Å²) in [6, 6.07) is 11.8. The maximum Gasteiger partial charge on any atom is 0.347 e. The minimum absolute atomic E-state index is 0.0443. The molecule has 0 N–H and O–H groups in total. The molecule has 1 saturated heterocycles. The summed E-state index contributed by atoms with van der Waals surface area (Å²) >= 11 is 0. The van der Waals surface area contributed by atoms with Gasteiger partial charge in [-0.05, 0) is 55.0 Å². The van der Waals surface area contributed by atoms with E-state index in [9.17, 15) is 9.59 Å². The highest BCUT2D eigenvalue weighted by atomic mass is 16.6. The summed E-state index contributed by atoms with van der Waals surface area (Å²) in [5.74, 6) is -0.214. The molecule has 2 aliphatic rings. The van der Waals surface area contributed by atoms with Crippen molar-refractivity contribution in [2.75, 3.05) is 13.2 Å². The van der Waals surface area contributed by atoms with E-state index in [0.717, 1.165) is 29.5 Å². The number of Topliss-reactive ketones (excluding diaryl/α,β-unsaturated/α-hetero) is 1. The number of benzene rings is 2. The molecule has 1 aliphatic carbocycles. The number of ketones is 1. The van der Waals surface area contributed by atoms with Crippen LogP contribution in [0.25, 0.3) is 11.1 Å². The fourth-order valence-corrected chi connectivity index (χ4v) is 4.02. The molecule has 2 aromatic carbocycles. The molecule has 2 unspecified atom stereocenters. The van der Waals surface area contributed by atoms with Crippen molar-refractivity contribution in [3.8, 4) is 16.9 Å². The molecule has 0 bridgehead atoms. The zero-order chi connectivity index (χ0) is 21.3. The Morgan fingerprint density at radius 3 is 2.73 bits per heavy atom. The monoisotopic (exact) mass is 406 g/mol. The lowest BCUT2D eigenvalue weighted by Crippen LogP contribution is -2.30. The fraction of sp³-hybridized carbons (Fsp3) is 0.360. The summed E-state index contributed by atoms with van der Waals surface area (Å²) < 4.78 is 17.0. The van der Waals surface area contributed by atoms with Crippen LogP contribution in [0.1, 0.15) is 48.2 Å². The highest BCUT2D eigenvalue weighted by Gasteiger charge is 2.29. The van der Waals surface area contributed by atoms with Crippen molar-refractivity contribution in [1.82, 2.24) is 0 Å². The van der Waals surface area contributed by atoms with E-state index in [4.69, 9.17) is 14.2 Å². The van der Waals surface area contributed by atoms with Gasteiger partial charge >= 0.3 is 5.97 Å². The third-order valence-electron chi connectivity index (χ3n) is 5.63. The average molecular weight is 406 g/mol. The molecule has 30 heavy (non-hydrogen) atoms. The minimum atomic E-state index is -0.849. The SMILES string of the molecule is C=C(C)C(=O)c1ccc2c(c1OC(C)C(=O)OCC1CCCO1)Cc1ccccc1-2. The van der Waals surface area contributed by atoms with Gasteiger partial charge < -0.3 is 14.2 Å². The van der Waals surface area contributed by atoms with Crippen LogP contribution in [0.4, 0.5) is 0 Å². The molecule has 1 aliphatic heterocycles. The number of esters is 1. The molecule has 4 rings (SSSR count). The Balaban J connectivity index is 1.61. The van der Waals surface area contributed by atoms with Gasteiger partial charge in [-0.15, -0.1) is 0 Å². The Morgan fingerprint density at radius 2 is 2.00 bits per heavy atom. The zero-order valence-corrected chi connectivity index (χ0v) is 17.4. The van der Waals surface area contributed by atoms with Crippen LogP contribution in [0.3, 0.4) is 0 Å². The molecular weight excluding hydrogens is 380 g/mol. The number of hydrogen-bond acceptors (Lipinski definition) is 5. The number of rotatable bonds is 7. The van der Waals surface area contributed by atoms with Gasteiger partial charge in [0.15, 0.2) is 11.9 Å². The first kappa shape index (κ1) is 20.4. The maximum absolute atomic E-state index is 12.8. The van der Waals surface area contributed by atoms with Crippen LogP contribution >= 0.6 is 0 Å². The van der Waals surface area contributed by atoms with Gasteiger partial charge in [-0.25, -0.2) is 4.79 Å². The molecule has 1 fully saturated rings. The first-order valence-electron chi connectivity index (χ1n) is 10.3. The Morgan fingerprint density at radius 1 is 1.20 bits per heavy atom. The van der Waals surface area contributed by atoms with E-state index >= 15 is 0 Å². The molecule has 2 atom stereocenters. The van der Waals surface area contributed by atoms with Crippen LogP contribution in [0.2, 0.25) is 0 Å². The molecular formula is C25H26O5. The number of carbonyl (C=O) groups excluding carboxylic acids is 2. The predicted octanol–water partition coefficient (Wildman–Crippen LogP) is 4.51. The van der Waals surface area contributed by atoms with Crippen LogP contribution in [0.15, 0.2) is 48.6 Å². The molecule has 0 aromatic heterocycles. The lowest BCUT2D eigenvalue weighted by molar-refractivity contribution is -0.154. The number of fused-ring (bicyclic) bond motifs is 3. The van der Waals surface area contributed by atoms with Crippen molar-refractivity contribution >= 4 is 11.8 Å². The molecule has 1 heterocycles. The van der Waals surface area contributed by atoms with Gasteiger partial charge in [-0.1, -0.05) is 36.9 Å². The third kappa shape index (κ3) is 3.90. The number of allylic oxidation sites excluding steroid dienone is 1. The van der Waals surface area contributed by atoms with E-state index in [1.807, 2.05) is 18.2 Å². The van der Waals surface area contributed by atoms with E-state index in [0.29, 0.717) is 29.9 Å². The second-order valence-electron chi connectivity index (χ2n) is 7.94. The molecule has 0 spiro atoms. The molecule has 0 saturated carbocycles. The maximum atomic E-state index is 12.8. The summed E-state index contributed by atoms with van der Waals surface area (Å²) in [5, 5.41) is 0. The molecule has 5 nitrogen and oxygen atoms in total. The van der Waals surface area contributed by atoms with E-state index in [2.05, 4.69) is 18.7 Å². The van der Waals surface area contributed by atoms with Crippen LogP contribution in [0.5, 0.6) is 5.75 Å². The normalized spacial score (nSPS) is 17.7. The lowest BCUT2D eigenvalue weighted by atomic mass is 9.97. The summed E-state index contributed by atoms with van der Waals surface area (Å²) in [7, 11) is 0. The van der Waals surface area contributed by atoms with Crippen LogP contribution in [-0.4, -0.2) is 37.2 Å². The number of hydrogen-bond donors (Lipinski definition) is 0. The number of carbonyl (C=O) groups is 2. The smallest absolute Gasteiger partial charge is 0.347 e. The Kier molecular flexibility index (Phi) is 5.73. The molecule has 2 aromatic rings. The molecule has 0 radical (unpaired) electrons. The van der Waals surface area contributed by atoms with Gasteiger partial charge in [-0.3, -0.25) is 4.79 Å².